The van der Waals surface area contributed by atoms with Crippen molar-refractivity contribution in [3.05, 3.63) is 18.0 Å². The van der Waals surface area contributed by atoms with Gasteiger partial charge in [0.05, 0.1) is 18.9 Å². The zero-order valence-electron chi connectivity index (χ0n) is 11.1. The molecule has 0 unspecified atom stereocenters. The van der Waals surface area contributed by atoms with E-state index in [2.05, 4.69) is 17.1 Å². The minimum absolute atomic E-state index is 0.0860. The van der Waals surface area contributed by atoms with Crippen LogP contribution >= 0.6 is 0 Å². The van der Waals surface area contributed by atoms with Crippen LogP contribution in [0.4, 0.5) is 0 Å². The average molecular weight is 265 g/mol. The quantitative estimate of drug-likeness (QED) is 0.738. The van der Waals surface area contributed by atoms with Crippen LogP contribution in [0.25, 0.3) is 0 Å². The second-order valence-electron chi connectivity index (χ2n) is 5.35. The number of likely N-dealkylation sites (tertiary alicyclic amines) is 1. The standard InChI is InChI=1S/C13H19N3O3/c1-15-6-7-18-12-9-16(5-3-10(12)8-15)13(17)11-2-4-14-19-11/h2,4,10,12H,3,5-9H2,1H3/t10-,12+/m1/s1. The molecule has 2 saturated heterocycles. The van der Waals surface area contributed by atoms with E-state index in [1.54, 1.807) is 6.07 Å². The van der Waals surface area contributed by atoms with E-state index in [9.17, 15) is 4.79 Å². The van der Waals surface area contributed by atoms with Crippen LogP contribution in [0, 0.1) is 5.92 Å². The fraction of sp³-hybridized carbons (Fsp3) is 0.692. The third-order valence-corrected chi connectivity index (χ3v) is 3.98. The third-order valence-electron chi connectivity index (χ3n) is 3.98. The minimum atomic E-state index is -0.0860. The van der Waals surface area contributed by atoms with Crippen molar-refractivity contribution in [1.82, 2.24) is 15.0 Å². The number of hydrogen-bond acceptors (Lipinski definition) is 5. The van der Waals surface area contributed by atoms with E-state index in [0.717, 1.165) is 32.7 Å². The molecule has 104 valence electrons. The number of piperidine rings is 1. The van der Waals surface area contributed by atoms with Gasteiger partial charge in [0.2, 0.25) is 5.76 Å². The van der Waals surface area contributed by atoms with Crippen molar-refractivity contribution in [3.8, 4) is 0 Å². The first-order chi connectivity index (χ1) is 9.24. The highest BCUT2D eigenvalue weighted by molar-refractivity contribution is 5.91. The largest absolute Gasteiger partial charge is 0.375 e. The highest BCUT2D eigenvalue weighted by atomic mass is 16.5. The van der Waals surface area contributed by atoms with Crippen LogP contribution < -0.4 is 0 Å². The molecule has 2 atom stereocenters. The maximum Gasteiger partial charge on any atom is 0.292 e. The van der Waals surface area contributed by atoms with Crippen molar-refractivity contribution in [1.29, 1.82) is 0 Å². The Bertz CT molecular complexity index is 434. The summed E-state index contributed by atoms with van der Waals surface area (Å²) in [4.78, 5) is 16.3. The summed E-state index contributed by atoms with van der Waals surface area (Å²) < 4.78 is 10.8. The van der Waals surface area contributed by atoms with Gasteiger partial charge >= 0.3 is 0 Å². The number of fused-ring (bicyclic) bond motifs is 1. The number of carbonyl (C=O) groups is 1. The second-order valence-corrected chi connectivity index (χ2v) is 5.35. The first-order valence-electron chi connectivity index (χ1n) is 6.74. The van der Waals surface area contributed by atoms with E-state index in [1.807, 2.05) is 4.90 Å². The van der Waals surface area contributed by atoms with E-state index in [-0.39, 0.29) is 12.0 Å². The minimum Gasteiger partial charge on any atom is -0.375 e. The summed E-state index contributed by atoms with van der Waals surface area (Å²) in [5.74, 6) is 0.743. The number of ether oxygens (including phenoxy) is 1. The molecule has 1 amide bonds. The monoisotopic (exact) mass is 265 g/mol. The lowest BCUT2D eigenvalue weighted by Crippen LogP contribution is -2.48. The van der Waals surface area contributed by atoms with Crippen molar-refractivity contribution >= 4 is 5.91 Å². The molecule has 1 aromatic heterocycles. The summed E-state index contributed by atoms with van der Waals surface area (Å²) in [5, 5.41) is 3.58. The van der Waals surface area contributed by atoms with Crippen molar-refractivity contribution in [2.75, 3.05) is 39.8 Å². The maximum atomic E-state index is 12.2. The Labute approximate surface area is 112 Å². The molecule has 19 heavy (non-hydrogen) atoms. The summed E-state index contributed by atoms with van der Waals surface area (Å²) in [6, 6.07) is 1.61. The molecule has 3 heterocycles. The molecule has 3 rings (SSSR count). The zero-order valence-corrected chi connectivity index (χ0v) is 11.1. The lowest BCUT2D eigenvalue weighted by Gasteiger charge is -2.37. The lowest BCUT2D eigenvalue weighted by atomic mass is 9.93. The molecule has 0 aromatic carbocycles. The number of amides is 1. The van der Waals surface area contributed by atoms with Gasteiger partial charge in [0.15, 0.2) is 0 Å². The Morgan fingerprint density at radius 2 is 2.32 bits per heavy atom. The predicted octanol–water partition coefficient (Wildman–Crippen LogP) is 0.467. The molecule has 2 aliphatic heterocycles. The summed E-state index contributed by atoms with van der Waals surface area (Å²) in [6.45, 7) is 4.16. The molecule has 0 N–H and O–H groups in total. The molecule has 0 radical (unpaired) electrons. The predicted molar refractivity (Wildman–Crippen MR) is 67.8 cm³/mol. The highest BCUT2D eigenvalue weighted by Crippen LogP contribution is 2.24. The van der Waals surface area contributed by atoms with Crippen molar-refractivity contribution in [2.24, 2.45) is 5.92 Å². The zero-order chi connectivity index (χ0) is 13.2. The molecule has 0 spiro atoms. The van der Waals surface area contributed by atoms with Crippen LogP contribution in [0.15, 0.2) is 16.8 Å². The van der Waals surface area contributed by atoms with Gasteiger partial charge < -0.3 is 19.1 Å². The smallest absolute Gasteiger partial charge is 0.292 e. The van der Waals surface area contributed by atoms with Gasteiger partial charge in [-0.2, -0.15) is 0 Å². The summed E-state index contributed by atoms with van der Waals surface area (Å²) in [7, 11) is 2.12. The Hall–Kier alpha value is -1.40. The molecule has 0 bridgehead atoms. The summed E-state index contributed by atoms with van der Waals surface area (Å²) >= 11 is 0. The SMILES string of the molecule is CN1CCO[C@H]2CN(C(=O)c3ccno3)CC[C@@H]2C1. The van der Waals surface area contributed by atoms with Gasteiger partial charge in [0, 0.05) is 38.2 Å². The van der Waals surface area contributed by atoms with E-state index >= 15 is 0 Å². The van der Waals surface area contributed by atoms with E-state index in [0.29, 0.717) is 18.2 Å². The Balaban J connectivity index is 1.67. The second kappa shape index (κ2) is 5.30. The number of carbonyl (C=O) groups excluding carboxylic acids is 1. The molecule has 2 fully saturated rings. The van der Waals surface area contributed by atoms with E-state index in [4.69, 9.17) is 9.26 Å². The summed E-state index contributed by atoms with van der Waals surface area (Å²) in [5.41, 5.74) is 0. The third kappa shape index (κ3) is 2.64. The van der Waals surface area contributed by atoms with Crippen molar-refractivity contribution < 1.29 is 14.1 Å². The number of rotatable bonds is 1. The van der Waals surface area contributed by atoms with Gasteiger partial charge in [-0.05, 0) is 13.5 Å². The summed E-state index contributed by atoms with van der Waals surface area (Å²) in [6.07, 6.45) is 2.62. The Morgan fingerprint density at radius 1 is 1.42 bits per heavy atom. The van der Waals surface area contributed by atoms with Gasteiger partial charge in [-0.25, -0.2) is 0 Å². The molecule has 6 nitrogen and oxygen atoms in total. The fourth-order valence-electron chi connectivity index (χ4n) is 2.88. The normalized spacial score (nSPS) is 28.8. The highest BCUT2D eigenvalue weighted by Gasteiger charge is 2.35. The van der Waals surface area contributed by atoms with Crippen LogP contribution in [0.3, 0.4) is 0 Å². The number of aromatic nitrogens is 1. The van der Waals surface area contributed by atoms with Crippen molar-refractivity contribution in [3.63, 3.8) is 0 Å². The van der Waals surface area contributed by atoms with Gasteiger partial charge in [0.25, 0.3) is 5.91 Å². The van der Waals surface area contributed by atoms with E-state index in [1.165, 1.54) is 6.20 Å². The topological polar surface area (TPSA) is 58.8 Å². The molecule has 0 saturated carbocycles. The Morgan fingerprint density at radius 3 is 3.11 bits per heavy atom. The van der Waals surface area contributed by atoms with Gasteiger partial charge in [0.1, 0.15) is 0 Å². The maximum absolute atomic E-state index is 12.2. The van der Waals surface area contributed by atoms with Crippen LogP contribution in [0.1, 0.15) is 17.0 Å². The molecular weight excluding hydrogens is 246 g/mol. The molecule has 6 heteroatoms. The number of hydrogen-bond donors (Lipinski definition) is 0. The average Bonchev–Trinajstić information content (AvgIpc) is 2.87. The van der Waals surface area contributed by atoms with E-state index < -0.39 is 0 Å². The van der Waals surface area contributed by atoms with Crippen LogP contribution in [-0.2, 0) is 4.74 Å². The van der Waals surface area contributed by atoms with Crippen LogP contribution in [-0.4, -0.2) is 66.8 Å². The fourth-order valence-corrected chi connectivity index (χ4v) is 2.88. The van der Waals surface area contributed by atoms with Crippen molar-refractivity contribution in [2.45, 2.75) is 12.5 Å². The molecule has 0 aliphatic carbocycles. The number of likely N-dealkylation sites (N-methyl/N-ethyl adjacent to an activating group) is 1. The molecule has 1 aromatic rings. The lowest BCUT2D eigenvalue weighted by molar-refractivity contribution is -0.0180. The van der Waals surface area contributed by atoms with Crippen LogP contribution in [0.5, 0.6) is 0 Å². The Kier molecular flexibility index (Phi) is 3.52. The molecular formula is C13H19N3O3. The molecule has 2 aliphatic rings. The van der Waals surface area contributed by atoms with Crippen LogP contribution in [0.2, 0.25) is 0 Å². The first kappa shape index (κ1) is 12.6. The van der Waals surface area contributed by atoms with Gasteiger partial charge in [-0.15, -0.1) is 0 Å². The van der Waals surface area contributed by atoms with Gasteiger partial charge in [-0.1, -0.05) is 5.16 Å². The van der Waals surface area contributed by atoms with Gasteiger partial charge in [-0.3, -0.25) is 4.79 Å². The number of nitrogens with zero attached hydrogens (tertiary/aromatic N) is 3. The first-order valence-corrected chi connectivity index (χ1v) is 6.74.